The van der Waals surface area contributed by atoms with Crippen molar-refractivity contribution in [3.05, 3.63) is 46.8 Å². The van der Waals surface area contributed by atoms with Crippen LogP contribution in [0.2, 0.25) is 5.02 Å². The third kappa shape index (κ3) is 2.62. The van der Waals surface area contributed by atoms with Crippen molar-refractivity contribution in [2.45, 2.75) is 13.1 Å². The predicted octanol–water partition coefficient (Wildman–Crippen LogP) is 1.84. The van der Waals surface area contributed by atoms with Crippen LogP contribution in [0.4, 0.5) is 4.39 Å². The van der Waals surface area contributed by atoms with E-state index in [1.54, 1.807) is 16.8 Å². The third-order valence-corrected chi connectivity index (χ3v) is 2.67. The summed E-state index contributed by atoms with van der Waals surface area (Å²) in [5.41, 5.74) is 0.500. The number of hydrogen-bond donors (Lipinski definition) is 1. The Balaban J connectivity index is 2.25. The van der Waals surface area contributed by atoms with Crippen LogP contribution in [0.15, 0.2) is 24.5 Å². The second kappa shape index (κ2) is 5.25. The third-order valence-electron chi connectivity index (χ3n) is 2.38. The average Bonchev–Trinajstić information content (AvgIpc) is 2.73. The lowest BCUT2D eigenvalue weighted by atomic mass is 10.2. The molecule has 0 aliphatic rings. The van der Waals surface area contributed by atoms with E-state index in [-0.39, 0.29) is 5.02 Å². The molecule has 0 atom stereocenters. The number of nitrogens with zero attached hydrogens (tertiary/aromatic N) is 3. The molecule has 1 aromatic heterocycles. The molecular weight excluding hydrogens is 243 g/mol. The maximum absolute atomic E-state index is 13.7. The molecule has 1 N–H and O–H groups in total. The van der Waals surface area contributed by atoms with Gasteiger partial charge in [-0.05, 0) is 13.1 Å². The molecule has 2 rings (SSSR count). The highest BCUT2D eigenvalue weighted by molar-refractivity contribution is 6.30. The second-order valence-electron chi connectivity index (χ2n) is 3.58. The minimum Gasteiger partial charge on any atom is -0.313 e. The molecule has 2 aromatic rings. The lowest BCUT2D eigenvalue weighted by molar-refractivity contribution is 0.566. The summed E-state index contributed by atoms with van der Waals surface area (Å²) < 4.78 is 15.3. The van der Waals surface area contributed by atoms with E-state index in [4.69, 9.17) is 11.6 Å². The Morgan fingerprint density at radius 3 is 3.06 bits per heavy atom. The zero-order valence-electron chi connectivity index (χ0n) is 9.32. The van der Waals surface area contributed by atoms with Gasteiger partial charge in [0.15, 0.2) is 0 Å². The number of hydrogen-bond acceptors (Lipinski definition) is 3. The van der Waals surface area contributed by atoms with Crippen LogP contribution in [0.5, 0.6) is 0 Å². The van der Waals surface area contributed by atoms with Crippen LogP contribution >= 0.6 is 11.6 Å². The van der Waals surface area contributed by atoms with Gasteiger partial charge in [0.2, 0.25) is 0 Å². The molecule has 0 aliphatic carbocycles. The van der Waals surface area contributed by atoms with Gasteiger partial charge in [0, 0.05) is 5.56 Å². The smallest absolute Gasteiger partial charge is 0.146 e. The fourth-order valence-corrected chi connectivity index (χ4v) is 1.74. The molecule has 17 heavy (non-hydrogen) atoms. The van der Waals surface area contributed by atoms with Crippen molar-refractivity contribution in [3.63, 3.8) is 0 Å². The van der Waals surface area contributed by atoms with Crippen LogP contribution in [0.3, 0.4) is 0 Å². The molecule has 4 nitrogen and oxygen atoms in total. The summed E-state index contributed by atoms with van der Waals surface area (Å²) in [6.45, 7) is 0.908. The first kappa shape index (κ1) is 12.0. The van der Waals surface area contributed by atoms with Gasteiger partial charge in [0.05, 0.1) is 18.1 Å². The average molecular weight is 255 g/mol. The molecule has 0 aliphatic heterocycles. The molecule has 0 spiro atoms. The van der Waals surface area contributed by atoms with Crippen molar-refractivity contribution in [3.8, 4) is 0 Å². The zero-order chi connectivity index (χ0) is 12.3. The van der Waals surface area contributed by atoms with Gasteiger partial charge in [-0.1, -0.05) is 23.7 Å². The van der Waals surface area contributed by atoms with Crippen LogP contribution in [0.1, 0.15) is 11.4 Å². The topological polar surface area (TPSA) is 42.7 Å². The standard InChI is InChI=1S/C11H12ClFN4/c1-14-5-10-15-7-16-17(10)6-8-3-2-4-9(12)11(8)13/h2-4,7,14H,5-6H2,1H3. The Labute approximate surface area is 103 Å². The highest BCUT2D eigenvalue weighted by atomic mass is 35.5. The summed E-state index contributed by atoms with van der Waals surface area (Å²) in [4.78, 5) is 4.09. The molecular formula is C11H12ClFN4. The van der Waals surface area contributed by atoms with Gasteiger partial charge in [0.1, 0.15) is 18.0 Å². The van der Waals surface area contributed by atoms with E-state index in [0.29, 0.717) is 18.7 Å². The summed E-state index contributed by atoms with van der Waals surface area (Å²) in [6, 6.07) is 4.93. The summed E-state index contributed by atoms with van der Waals surface area (Å²) in [5, 5.41) is 7.16. The van der Waals surface area contributed by atoms with Crippen molar-refractivity contribution < 1.29 is 4.39 Å². The molecule has 0 fully saturated rings. The largest absolute Gasteiger partial charge is 0.313 e. The quantitative estimate of drug-likeness (QED) is 0.905. The highest BCUT2D eigenvalue weighted by Crippen LogP contribution is 2.18. The fourth-order valence-electron chi connectivity index (χ4n) is 1.55. The van der Waals surface area contributed by atoms with E-state index in [9.17, 15) is 4.39 Å². The highest BCUT2D eigenvalue weighted by Gasteiger charge is 2.09. The number of nitrogens with one attached hydrogen (secondary N) is 1. The molecule has 0 radical (unpaired) electrons. The van der Waals surface area contributed by atoms with Crippen molar-refractivity contribution in [1.29, 1.82) is 0 Å². The minimum atomic E-state index is -0.403. The molecule has 1 aromatic carbocycles. The van der Waals surface area contributed by atoms with E-state index >= 15 is 0 Å². The molecule has 0 saturated heterocycles. The molecule has 0 unspecified atom stereocenters. The van der Waals surface area contributed by atoms with Crippen LogP contribution in [-0.4, -0.2) is 21.8 Å². The van der Waals surface area contributed by atoms with Gasteiger partial charge in [-0.2, -0.15) is 5.10 Å². The Morgan fingerprint density at radius 1 is 1.47 bits per heavy atom. The minimum absolute atomic E-state index is 0.123. The Bertz CT molecular complexity index is 512. The maximum atomic E-state index is 13.7. The Morgan fingerprint density at radius 2 is 2.29 bits per heavy atom. The summed E-state index contributed by atoms with van der Waals surface area (Å²) in [7, 11) is 1.82. The zero-order valence-corrected chi connectivity index (χ0v) is 10.1. The van der Waals surface area contributed by atoms with Crippen LogP contribution < -0.4 is 5.32 Å². The van der Waals surface area contributed by atoms with E-state index in [0.717, 1.165) is 5.82 Å². The second-order valence-corrected chi connectivity index (χ2v) is 3.98. The molecule has 6 heteroatoms. The summed E-state index contributed by atoms with van der Waals surface area (Å²) >= 11 is 5.72. The van der Waals surface area contributed by atoms with Crippen molar-refractivity contribution >= 4 is 11.6 Å². The number of benzene rings is 1. The van der Waals surface area contributed by atoms with Crippen LogP contribution in [0, 0.1) is 5.82 Å². The SMILES string of the molecule is CNCc1ncnn1Cc1cccc(Cl)c1F. The van der Waals surface area contributed by atoms with Gasteiger partial charge < -0.3 is 5.32 Å². The van der Waals surface area contributed by atoms with E-state index in [2.05, 4.69) is 15.4 Å². The van der Waals surface area contributed by atoms with Gasteiger partial charge in [-0.25, -0.2) is 14.1 Å². The van der Waals surface area contributed by atoms with E-state index in [1.165, 1.54) is 12.4 Å². The van der Waals surface area contributed by atoms with Gasteiger partial charge >= 0.3 is 0 Å². The fraction of sp³-hybridized carbons (Fsp3) is 0.273. The van der Waals surface area contributed by atoms with Crippen molar-refractivity contribution in [2.75, 3.05) is 7.05 Å². The van der Waals surface area contributed by atoms with E-state index < -0.39 is 5.82 Å². The normalized spacial score (nSPS) is 10.8. The van der Waals surface area contributed by atoms with Gasteiger partial charge in [0.25, 0.3) is 0 Å². The van der Waals surface area contributed by atoms with Crippen molar-refractivity contribution in [1.82, 2.24) is 20.1 Å². The van der Waals surface area contributed by atoms with E-state index in [1.807, 2.05) is 7.05 Å². The molecule has 90 valence electrons. The summed E-state index contributed by atoms with van der Waals surface area (Å²) in [5.74, 6) is 0.354. The first-order valence-corrected chi connectivity index (χ1v) is 5.54. The first-order valence-electron chi connectivity index (χ1n) is 5.16. The molecule has 0 amide bonds. The Hall–Kier alpha value is -1.46. The maximum Gasteiger partial charge on any atom is 0.146 e. The molecule has 0 saturated carbocycles. The Kier molecular flexibility index (Phi) is 3.71. The molecule has 1 heterocycles. The van der Waals surface area contributed by atoms with Crippen molar-refractivity contribution in [2.24, 2.45) is 0 Å². The number of rotatable bonds is 4. The van der Waals surface area contributed by atoms with Crippen LogP contribution in [-0.2, 0) is 13.1 Å². The summed E-state index contributed by atoms with van der Waals surface area (Å²) in [6.07, 6.45) is 1.45. The predicted molar refractivity (Wildman–Crippen MR) is 63.3 cm³/mol. The lowest BCUT2D eigenvalue weighted by Gasteiger charge is -2.07. The number of halogens is 2. The van der Waals surface area contributed by atoms with Gasteiger partial charge in [-0.3, -0.25) is 0 Å². The first-order chi connectivity index (χ1) is 8.22. The monoisotopic (exact) mass is 254 g/mol. The van der Waals surface area contributed by atoms with Crippen LogP contribution in [0.25, 0.3) is 0 Å². The lowest BCUT2D eigenvalue weighted by Crippen LogP contribution is -2.14. The molecule has 0 bridgehead atoms. The number of aromatic nitrogens is 3. The van der Waals surface area contributed by atoms with Gasteiger partial charge in [-0.15, -0.1) is 0 Å².